The van der Waals surface area contributed by atoms with E-state index < -0.39 is 0 Å². The van der Waals surface area contributed by atoms with Crippen LogP contribution in [0.25, 0.3) is 20.7 Å². The third kappa shape index (κ3) is 2.43. The van der Waals surface area contributed by atoms with Crippen molar-refractivity contribution in [3.05, 3.63) is 28.7 Å². The Morgan fingerprint density at radius 2 is 2.05 bits per heavy atom. The molecule has 0 radical (unpaired) electrons. The van der Waals surface area contributed by atoms with Gasteiger partial charge in [0.2, 0.25) is 0 Å². The predicted molar refractivity (Wildman–Crippen MR) is 89.7 cm³/mol. The van der Waals surface area contributed by atoms with E-state index >= 15 is 0 Å². The van der Waals surface area contributed by atoms with E-state index in [0.29, 0.717) is 5.82 Å². The molecule has 0 bridgehead atoms. The molecule has 4 heterocycles. The topological polar surface area (TPSA) is 55.0 Å². The first-order chi connectivity index (χ1) is 10.3. The Hall–Kier alpha value is -1.50. The molecule has 0 spiro atoms. The van der Waals surface area contributed by atoms with Gasteiger partial charge in [-0.25, -0.2) is 9.97 Å². The van der Waals surface area contributed by atoms with Crippen LogP contribution in [0.1, 0.15) is 18.7 Å². The molecule has 108 valence electrons. The van der Waals surface area contributed by atoms with Gasteiger partial charge in [-0.15, -0.1) is 22.7 Å². The number of nitrogen functional groups attached to an aromatic ring is 1. The first-order valence-electron chi connectivity index (χ1n) is 7.11. The molecule has 4 nitrogen and oxygen atoms in total. The van der Waals surface area contributed by atoms with Crippen molar-refractivity contribution < 1.29 is 0 Å². The van der Waals surface area contributed by atoms with Gasteiger partial charge in [0.1, 0.15) is 16.5 Å². The molecule has 0 atom stereocenters. The van der Waals surface area contributed by atoms with Crippen molar-refractivity contribution in [3.63, 3.8) is 0 Å². The van der Waals surface area contributed by atoms with Crippen LogP contribution >= 0.6 is 22.7 Å². The van der Waals surface area contributed by atoms with E-state index in [1.165, 1.54) is 17.7 Å². The van der Waals surface area contributed by atoms with Gasteiger partial charge in [-0.05, 0) is 37.4 Å². The van der Waals surface area contributed by atoms with Gasteiger partial charge in [-0.2, -0.15) is 0 Å². The zero-order chi connectivity index (χ0) is 14.2. The minimum absolute atomic E-state index is 0.610. The van der Waals surface area contributed by atoms with Crippen LogP contribution in [-0.2, 0) is 6.54 Å². The smallest absolute Gasteiger partial charge is 0.146 e. The summed E-state index contributed by atoms with van der Waals surface area (Å²) < 4.78 is 0. The summed E-state index contributed by atoms with van der Waals surface area (Å²) in [6.45, 7) is 3.10. The summed E-state index contributed by atoms with van der Waals surface area (Å²) in [4.78, 5) is 13.9. The molecule has 1 aliphatic heterocycles. The van der Waals surface area contributed by atoms with E-state index in [9.17, 15) is 0 Å². The minimum atomic E-state index is 0.610. The average molecular weight is 316 g/mol. The third-order valence-electron chi connectivity index (χ3n) is 3.86. The number of likely N-dealkylation sites (tertiary alicyclic amines) is 1. The Labute approximate surface area is 131 Å². The lowest BCUT2D eigenvalue weighted by molar-refractivity contribution is 0.323. The van der Waals surface area contributed by atoms with E-state index in [1.807, 2.05) is 0 Å². The van der Waals surface area contributed by atoms with Crippen molar-refractivity contribution in [2.75, 3.05) is 18.8 Å². The van der Waals surface area contributed by atoms with Crippen molar-refractivity contribution >= 4 is 38.7 Å². The van der Waals surface area contributed by atoms with Crippen LogP contribution < -0.4 is 5.73 Å². The van der Waals surface area contributed by atoms with Gasteiger partial charge < -0.3 is 5.73 Å². The van der Waals surface area contributed by atoms with Gasteiger partial charge in [0.05, 0.1) is 11.9 Å². The molecule has 3 aromatic rings. The molecule has 6 heteroatoms. The maximum atomic E-state index is 6.22. The number of hydrogen-bond donors (Lipinski definition) is 1. The molecule has 1 fully saturated rings. The van der Waals surface area contributed by atoms with Crippen LogP contribution in [0.3, 0.4) is 0 Å². The lowest BCUT2D eigenvalue weighted by Crippen LogP contribution is -2.20. The highest BCUT2D eigenvalue weighted by molar-refractivity contribution is 7.18. The van der Waals surface area contributed by atoms with E-state index in [-0.39, 0.29) is 0 Å². The number of hydrogen-bond acceptors (Lipinski definition) is 6. The van der Waals surface area contributed by atoms with Gasteiger partial charge >= 0.3 is 0 Å². The molecule has 0 amide bonds. The van der Waals surface area contributed by atoms with Gasteiger partial charge in [-0.1, -0.05) is 6.07 Å². The standard InChI is InChI=1S/C15H16N4S2/c16-14-13-10(11-4-3-7-20-11)9-21-15(13)18-12(17-14)8-19-5-1-2-6-19/h3-4,7,9H,1-2,5-6,8H2,(H2,16,17,18). The molecule has 4 rings (SSSR count). The second-order valence-corrected chi connectivity index (χ2v) is 7.12. The summed E-state index contributed by atoms with van der Waals surface area (Å²) >= 11 is 3.38. The van der Waals surface area contributed by atoms with Crippen molar-refractivity contribution in [1.29, 1.82) is 0 Å². The zero-order valence-electron chi connectivity index (χ0n) is 11.6. The van der Waals surface area contributed by atoms with Crippen LogP contribution in [0.5, 0.6) is 0 Å². The number of anilines is 1. The molecule has 0 aromatic carbocycles. The van der Waals surface area contributed by atoms with Gasteiger partial charge in [0.15, 0.2) is 0 Å². The Kier molecular flexibility index (Phi) is 3.37. The molecule has 0 aliphatic carbocycles. The third-order valence-corrected chi connectivity index (χ3v) is 5.63. The van der Waals surface area contributed by atoms with Crippen molar-refractivity contribution in [2.45, 2.75) is 19.4 Å². The maximum absolute atomic E-state index is 6.22. The molecular formula is C15H16N4S2. The number of fused-ring (bicyclic) bond motifs is 1. The second-order valence-electron chi connectivity index (χ2n) is 5.32. The summed E-state index contributed by atoms with van der Waals surface area (Å²) in [5.74, 6) is 1.46. The fourth-order valence-corrected chi connectivity index (χ4v) is 4.63. The second kappa shape index (κ2) is 5.36. The molecule has 2 N–H and O–H groups in total. The van der Waals surface area contributed by atoms with E-state index in [2.05, 4.69) is 32.8 Å². The normalized spacial score (nSPS) is 16.0. The van der Waals surface area contributed by atoms with Crippen molar-refractivity contribution in [1.82, 2.24) is 14.9 Å². The quantitative estimate of drug-likeness (QED) is 0.802. The van der Waals surface area contributed by atoms with Crippen molar-refractivity contribution in [2.24, 2.45) is 0 Å². The Balaban J connectivity index is 1.74. The summed E-state index contributed by atoms with van der Waals surface area (Å²) in [5, 5.41) is 5.23. The summed E-state index contributed by atoms with van der Waals surface area (Å²) in [7, 11) is 0. The molecule has 21 heavy (non-hydrogen) atoms. The van der Waals surface area contributed by atoms with Gasteiger partial charge in [-0.3, -0.25) is 4.90 Å². The lowest BCUT2D eigenvalue weighted by Gasteiger charge is -2.13. The number of rotatable bonds is 3. The van der Waals surface area contributed by atoms with Crippen LogP contribution in [-0.4, -0.2) is 28.0 Å². The largest absolute Gasteiger partial charge is 0.383 e. The lowest BCUT2D eigenvalue weighted by atomic mass is 10.2. The fraction of sp³-hybridized carbons (Fsp3) is 0.333. The number of nitrogens with two attached hydrogens (primary N) is 1. The van der Waals surface area contributed by atoms with E-state index in [1.54, 1.807) is 22.7 Å². The average Bonchev–Trinajstić information content (AvgIpc) is 3.19. The Morgan fingerprint density at radius 3 is 2.81 bits per heavy atom. The number of aromatic nitrogens is 2. The first-order valence-corrected chi connectivity index (χ1v) is 8.87. The summed E-state index contributed by atoms with van der Waals surface area (Å²) in [6, 6.07) is 4.17. The van der Waals surface area contributed by atoms with Crippen LogP contribution in [0.2, 0.25) is 0 Å². The molecule has 0 saturated carbocycles. The van der Waals surface area contributed by atoms with Crippen LogP contribution in [0, 0.1) is 0 Å². The van der Waals surface area contributed by atoms with E-state index in [4.69, 9.17) is 10.7 Å². The van der Waals surface area contributed by atoms with Crippen molar-refractivity contribution in [3.8, 4) is 10.4 Å². The Morgan fingerprint density at radius 1 is 1.19 bits per heavy atom. The van der Waals surface area contributed by atoms with Crippen LogP contribution in [0.15, 0.2) is 22.9 Å². The molecule has 0 unspecified atom stereocenters. The highest BCUT2D eigenvalue weighted by Gasteiger charge is 2.17. The zero-order valence-corrected chi connectivity index (χ0v) is 13.2. The predicted octanol–water partition coefficient (Wildman–Crippen LogP) is 3.60. The summed E-state index contributed by atoms with van der Waals surface area (Å²) in [6.07, 6.45) is 2.55. The highest BCUT2D eigenvalue weighted by Crippen LogP contribution is 2.37. The maximum Gasteiger partial charge on any atom is 0.146 e. The first kappa shape index (κ1) is 13.2. The number of thiophene rings is 2. The van der Waals surface area contributed by atoms with Gasteiger partial charge in [0.25, 0.3) is 0 Å². The van der Waals surface area contributed by atoms with Crippen LogP contribution in [0.4, 0.5) is 5.82 Å². The van der Waals surface area contributed by atoms with Gasteiger partial charge in [0, 0.05) is 15.8 Å². The van der Waals surface area contributed by atoms with E-state index in [0.717, 1.165) is 41.2 Å². The molecule has 1 saturated heterocycles. The SMILES string of the molecule is Nc1nc(CN2CCCC2)nc2scc(-c3cccs3)c12. The molecule has 3 aromatic heterocycles. The Bertz CT molecular complexity index is 757. The molecular weight excluding hydrogens is 300 g/mol. The molecule has 1 aliphatic rings. The number of nitrogens with zero attached hydrogens (tertiary/aromatic N) is 3. The minimum Gasteiger partial charge on any atom is -0.383 e. The summed E-state index contributed by atoms with van der Waals surface area (Å²) in [5.41, 5.74) is 7.39. The monoisotopic (exact) mass is 316 g/mol. The highest BCUT2D eigenvalue weighted by atomic mass is 32.1. The fourth-order valence-electron chi connectivity index (χ4n) is 2.84.